The first-order valence-corrected chi connectivity index (χ1v) is 11.4. The molecule has 1 saturated heterocycles. The van der Waals surface area contributed by atoms with E-state index in [2.05, 4.69) is 80.2 Å². The van der Waals surface area contributed by atoms with E-state index in [1.807, 2.05) is 6.92 Å². The first kappa shape index (κ1) is 21.3. The van der Waals surface area contributed by atoms with E-state index >= 15 is 0 Å². The molecule has 3 heterocycles. The van der Waals surface area contributed by atoms with E-state index in [-0.39, 0.29) is 18.3 Å². The Hall–Kier alpha value is -1.96. The second-order valence-electron chi connectivity index (χ2n) is 9.06. The molecule has 1 aromatic carbocycles. The summed E-state index contributed by atoms with van der Waals surface area (Å²) in [5.41, 5.74) is 1.76. The van der Waals surface area contributed by atoms with Crippen molar-refractivity contribution in [1.29, 1.82) is 0 Å². The highest BCUT2D eigenvalue weighted by atomic mass is 32.1. The van der Waals surface area contributed by atoms with Crippen molar-refractivity contribution in [1.82, 2.24) is 9.97 Å². The lowest BCUT2D eigenvalue weighted by Crippen LogP contribution is -2.41. The summed E-state index contributed by atoms with van der Waals surface area (Å²) in [6.07, 6.45) is 2.04. The molecule has 1 aliphatic heterocycles. The number of nitrogens with zero attached hydrogens (tertiary/aromatic N) is 2. The Kier molecular flexibility index (Phi) is 5.64. The number of benzene rings is 1. The number of hydrogen-bond acceptors (Lipinski definition) is 6. The van der Waals surface area contributed by atoms with Gasteiger partial charge in [-0.1, -0.05) is 24.3 Å². The maximum Gasteiger partial charge on any atom is 0.494 e. The Morgan fingerprint density at radius 2 is 1.67 bits per heavy atom. The van der Waals surface area contributed by atoms with Gasteiger partial charge in [0.05, 0.1) is 16.6 Å². The van der Waals surface area contributed by atoms with Crippen LogP contribution in [0.25, 0.3) is 10.2 Å². The molecule has 0 bridgehead atoms. The molecule has 0 radical (unpaired) electrons. The molecule has 3 aromatic rings. The molecule has 0 aliphatic carbocycles. The summed E-state index contributed by atoms with van der Waals surface area (Å²) in [4.78, 5) is 11.4. The maximum absolute atomic E-state index is 6.14. The van der Waals surface area contributed by atoms with Crippen LogP contribution in [0.1, 0.15) is 50.4 Å². The van der Waals surface area contributed by atoms with E-state index < -0.39 is 0 Å². The minimum atomic E-state index is -0.312. The highest BCUT2D eigenvalue weighted by Gasteiger charge is 2.51. The highest BCUT2D eigenvalue weighted by molar-refractivity contribution is 7.18. The fourth-order valence-corrected chi connectivity index (χ4v) is 4.53. The number of fused-ring (bicyclic) bond motifs is 1. The van der Waals surface area contributed by atoms with Crippen molar-refractivity contribution in [3.05, 3.63) is 46.6 Å². The van der Waals surface area contributed by atoms with Crippen molar-refractivity contribution < 1.29 is 9.31 Å². The van der Waals surface area contributed by atoms with E-state index in [0.717, 1.165) is 46.7 Å². The molecular weight excluding hydrogens is 393 g/mol. The van der Waals surface area contributed by atoms with Gasteiger partial charge < -0.3 is 14.6 Å². The van der Waals surface area contributed by atoms with Gasteiger partial charge in [0.2, 0.25) is 0 Å². The van der Waals surface area contributed by atoms with Crippen LogP contribution in [0.2, 0.25) is 0 Å². The second kappa shape index (κ2) is 7.95. The molecule has 4 rings (SSSR count). The van der Waals surface area contributed by atoms with Crippen LogP contribution >= 0.6 is 11.3 Å². The van der Waals surface area contributed by atoms with Crippen molar-refractivity contribution in [2.24, 2.45) is 0 Å². The smallest absolute Gasteiger partial charge is 0.399 e. The van der Waals surface area contributed by atoms with Gasteiger partial charge in [0.25, 0.3) is 0 Å². The van der Waals surface area contributed by atoms with Crippen LogP contribution < -0.4 is 10.8 Å². The summed E-state index contributed by atoms with van der Waals surface area (Å²) in [6, 6.07) is 10.8. The first-order chi connectivity index (χ1) is 14.1. The number of anilines is 1. The zero-order valence-corrected chi connectivity index (χ0v) is 19.5. The molecule has 2 aromatic heterocycles. The molecule has 0 unspecified atom stereocenters. The molecule has 7 heteroatoms. The van der Waals surface area contributed by atoms with Crippen LogP contribution in [0.3, 0.4) is 0 Å². The molecule has 1 N–H and O–H groups in total. The summed E-state index contributed by atoms with van der Waals surface area (Å²) < 4.78 is 12.3. The van der Waals surface area contributed by atoms with E-state index in [0.29, 0.717) is 0 Å². The van der Waals surface area contributed by atoms with Gasteiger partial charge in [-0.2, -0.15) is 0 Å². The third-order valence-electron chi connectivity index (χ3n) is 6.07. The third kappa shape index (κ3) is 4.24. The highest BCUT2D eigenvalue weighted by Crippen LogP contribution is 2.36. The van der Waals surface area contributed by atoms with Crippen molar-refractivity contribution in [2.45, 2.75) is 65.6 Å². The van der Waals surface area contributed by atoms with Gasteiger partial charge in [-0.05, 0) is 71.5 Å². The van der Waals surface area contributed by atoms with Crippen LogP contribution in [-0.2, 0) is 15.7 Å². The zero-order chi connectivity index (χ0) is 21.5. The molecule has 1 fully saturated rings. The quantitative estimate of drug-likeness (QED) is 0.462. The van der Waals surface area contributed by atoms with E-state index in [4.69, 9.17) is 9.31 Å². The van der Waals surface area contributed by atoms with Crippen LogP contribution in [0.15, 0.2) is 30.3 Å². The molecule has 158 valence electrons. The molecule has 30 heavy (non-hydrogen) atoms. The van der Waals surface area contributed by atoms with Gasteiger partial charge in [0, 0.05) is 11.4 Å². The lowest BCUT2D eigenvalue weighted by molar-refractivity contribution is 0.00578. The Morgan fingerprint density at radius 3 is 2.33 bits per heavy atom. The van der Waals surface area contributed by atoms with E-state index in [1.54, 1.807) is 11.3 Å². The molecular formula is C23H30BN3O2S. The van der Waals surface area contributed by atoms with Gasteiger partial charge >= 0.3 is 7.12 Å². The molecule has 1 aliphatic rings. The maximum atomic E-state index is 6.14. The number of hydrogen-bond donors (Lipinski definition) is 1. The summed E-state index contributed by atoms with van der Waals surface area (Å²) >= 11 is 1.72. The molecule has 0 spiro atoms. The Balaban J connectivity index is 1.32. The van der Waals surface area contributed by atoms with Gasteiger partial charge in [0.1, 0.15) is 16.5 Å². The topological polar surface area (TPSA) is 56.3 Å². The monoisotopic (exact) mass is 423 g/mol. The Bertz CT molecular complexity index is 1030. The van der Waals surface area contributed by atoms with Crippen LogP contribution in [0.5, 0.6) is 0 Å². The van der Waals surface area contributed by atoms with E-state index in [9.17, 15) is 0 Å². The normalized spacial score (nSPS) is 17.6. The van der Waals surface area contributed by atoms with E-state index in [1.165, 1.54) is 10.4 Å². The molecule has 0 atom stereocenters. The standard InChI is InChI=1S/C23H30BN3O2S/c1-15-14-19-20(26-16(2)27-21(19)30-15)25-13-7-8-17-9-11-18(12-10-17)24-28-22(3,4)23(5,6)29-24/h9-12,14H,7-8,13H2,1-6H3,(H,25,26,27). The fourth-order valence-electron chi connectivity index (χ4n) is 3.60. The number of aromatic nitrogens is 2. The summed E-state index contributed by atoms with van der Waals surface area (Å²) in [5, 5.41) is 4.62. The third-order valence-corrected chi connectivity index (χ3v) is 7.01. The summed E-state index contributed by atoms with van der Waals surface area (Å²) in [7, 11) is -0.303. The number of aryl methyl sites for hydroxylation is 3. The average molecular weight is 423 g/mol. The predicted octanol–water partition coefficient (Wildman–Crippen LogP) is 4.65. The Morgan fingerprint density at radius 1 is 1.00 bits per heavy atom. The van der Waals surface area contributed by atoms with Crippen LogP contribution in [-0.4, -0.2) is 34.8 Å². The van der Waals surface area contributed by atoms with Crippen molar-refractivity contribution in [3.63, 3.8) is 0 Å². The average Bonchev–Trinajstić information content (AvgIpc) is 3.14. The van der Waals surface area contributed by atoms with Gasteiger partial charge in [0.15, 0.2) is 0 Å². The number of thiophene rings is 1. The summed E-state index contributed by atoms with van der Waals surface area (Å²) in [6.45, 7) is 13.3. The minimum absolute atomic E-state index is 0.303. The fraction of sp³-hybridized carbons (Fsp3) is 0.478. The SMILES string of the molecule is Cc1nc(NCCCc2ccc(B3OC(C)(C)C(C)(C)O3)cc2)c2cc(C)sc2n1. The van der Waals surface area contributed by atoms with Crippen molar-refractivity contribution >= 4 is 40.0 Å². The van der Waals surface area contributed by atoms with Gasteiger partial charge in [-0.25, -0.2) is 9.97 Å². The molecule has 5 nitrogen and oxygen atoms in total. The summed E-state index contributed by atoms with van der Waals surface area (Å²) in [5.74, 6) is 1.75. The molecule has 0 saturated carbocycles. The van der Waals surface area contributed by atoms with Crippen molar-refractivity contribution in [2.75, 3.05) is 11.9 Å². The lowest BCUT2D eigenvalue weighted by Gasteiger charge is -2.32. The lowest BCUT2D eigenvalue weighted by atomic mass is 9.78. The largest absolute Gasteiger partial charge is 0.494 e. The molecule has 0 amide bonds. The van der Waals surface area contributed by atoms with Crippen molar-refractivity contribution in [3.8, 4) is 0 Å². The first-order valence-electron chi connectivity index (χ1n) is 10.6. The predicted molar refractivity (Wildman–Crippen MR) is 126 cm³/mol. The zero-order valence-electron chi connectivity index (χ0n) is 18.7. The number of rotatable bonds is 6. The van der Waals surface area contributed by atoms with Crippen LogP contribution in [0, 0.1) is 13.8 Å². The number of nitrogens with one attached hydrogen (secondary N) is 1. The Labute approximate surface area is 183 Å². The minimum Gasteiger partial charge on any atom is -0.399 e. The van der Waals surface area contributed by atoms with Crippen LogP contribution in [0.4, 0.5) is 5.82 Å². The second-order valence-corrected chi connectivity index (χ2v) is 10.3. The van der Waals surface area contributed by atoms with Gasteiger partial charge in [-0.3, -0.25) is 0 Å². The van der Waals surface area contributed by atoms with Gasteiger partial charge in [-0.15, -0.1) is 11.3 Å².